The molecule has 5 heteroatoms. The van der Waals surface area contributed by atoms with Gasteiger partial charge < -0.3 is 15.3 Å². The maximum absolute atomic E-state index is 13.5. The molecule has 0 aliphatic rings. The number of nitrogens with zero attached hydrogens (tertiary/aromatic N) is 1. The lowest BCUT2D eigenvalue weighted by molar-refractivity contribution is 0.0696. The summed E-state index contributed by atoms with van der Waals surface area (Å²) in [5.74, 6) is -1.41. The van der Waals surface area contributed by atoms with Crippen molar-refractivity contribution in [1.29, 1.82) is 0 Å². The van der Waals surface area contributed by atoms with Gasteiger partial charge in [-0.15, -0.1) is 0 Å². The first-order valence-electron chi connectivity index (χ1n) is 6.53. The van der Waals surface area contributed by atoms with Crippen molar-refractivity contribution >= 4 is 5.97 Å². The van der Waals surface area contributed by atoms with Gasteiger partial charge in [-0.3, -0.25) is 0 Å². The molecule has 0 atom stereocenters. The van der Waals surface area contributed by atoms with Crippen LogP contribution in [0, 0.1) is 5.82 Å². The second-order valence-electron chi connectivity index (χ2n) is 4.32. The standard InChI is InChI=1S/C14H21FN2O2/c1-3-17(4-2)8-7-16-10-12-9-11(14(18)19)5-6-13(12)15/h5-6,9,16H,3-4,7-8,10H2,1-2H3,(H,18,19). The maximum Gasteiger partial charge on any atom is 0.335 e. The molecule has 0 saturated heterocycles. The average molecular weight is 268 g/mol. The van der Waals surface area contributed by atoms with Crippen LogP contribution in [0.25, 0.3) is 0 Å². The van der Waals surface area contributed by atoms with Crippen LogP contribution in [-0.2, 0) is 6.54 Å². The van der Waals surface area contributed by atoms with E-state index in [1.807, 2.05) is 0 Å². The van der Waals surface area contributed by atoms with E-state index in [4.69, 9.17) is 5.11 Å². The lowest BCUT2D eigenvalue weighted by atomic mass is 10.1. The molecule has 0 unspecified atom stereocenters. The first-order valence-corrected chi connectivity index (χ1v) is 6.53. The third kappa shape index (κ3) is 4.96. The Labute approximate surface area is 113 Å². The minimum absolute atomic E-state index is 0.113. The number of hydrogen-bond donors (Lipinski definition) is 2. The minimum atomic E-state index is -1.04. The first kappa shape index (κ1) is 15.6. The van der Waals surface area contributed by atoms with Crippen molar-refractivity contribution in [2.24, 2.45) is 0 Å². The normalized spacial score (nSPS) is 10.9. The molecule has 0 aliphatic heterocycles. The van der Waals surface area contributed by atoms with Gasteiger partial charge in [0.05, 0.1) is 5.56 Å². The third-order valence-corrected chi connectivity index (χ3v) is 3.11. The Kier molecular flexibility index (Phi) is 6.45. The molecular weight excluding hydrogens is 247 g/mol. The van der Waals surface area contributed by atoms with Gasteiger partial charge >= 0.3 is 5.97 Å². The SMILES string of the molecule is CCN(CC)CCNCc1cc(C(=O)O)ccc1F. The topological polar surface area (TPSA) is 52.6 Å². The number of aromatic carboxylic acids is 1. The van der Waals surface area contributed by atoms with E-state index < -0.39 is 5.97 Å². The molecule has 0 saturated carbocycles. The van der Waals surface area contributed by atoms with E-state index in [0.29, 0.717) is 12.1 Å². The summed E-state index contributed by atoms with van der Waals surface area (Å²) in [6.07, 6.45) is 0. The second-order valence-corrected chi connectivity index (χ2v) is 4.32. The van der Waals surface area contributed by atoms with E-state index in [1.165, 1.54) is 18.2 Å². The van der Waals surface area contributed by atoms with E-state index in [0.717, 1.165) is 26.2 Å². The molecule has 4 nitrogen and oxygen atoms in total. The lowest BCUT2D eigenvalue weighted by Gasteiger charge is -2.18. The van der Waals surface area contributed by atoms with Crippen LogP contribution in [-0.4, -0.2) is 42.2 Å². The number of carboxylic acids is 1. The zero-order chi connectivity index (χ0) is 14.3. The van der Waals surface area contributed by atoms with E-state index in [9.17, 15) is 9.18 Å². The summed E-state index contributed by atoms with van der Waals surface area (Å²) in [4.78, 5) is 13.1. The van der Waals surface area contributed by atoms with Crippen molar-refractivity contribution in [3.63, 3.8) is 0 Å². The number of carbonyl (C=O) groups is 1. The van der Waals surface area contributed by atoms with Crippen LogP contribution in [0.2, 0.25) is 0 Å². The summed E-state index contributed by atoms with van der Waals surface area (Å²) in [7, 11) is 0. The quantitative estimate of drug-likeness (QED) is 0.708. The van der Waals surface area contributed by atoms with Crippen molar-refractivity contribution in [3.8, 4) is 0 Å². The minimum Gasteiger partial charge on any atom is -0.478 e. The van der Waals surface area contributed by atoms with Crippen molar-refractivity contribution in [2.45, 2.75) is 20.4 Å². The highest BCUT2D eigenvalue weighted by Gasteiger charge is 2.08. The van der Waals surface area contributed by atoms with Gasteiger partial charge in [0.1, 0.15) is 5.82 Å². The number of carboxylic acid groups (broad SMARTS) is 1. The predicted molar refractivity (Wildman–Crippen MR) is 72.9 cm³/mol. The van der Waals surface area contributed by atoms with E-state index >= 15 is 0 Å². The molecule has 2 N–H and O–H groups in total. The fraction of sp³-hybridized carbons (Fsp3) is 0.500. The zero-order valence-corrected chi connectivity index (χ0v) is 11.4. The molecule has 0 bridgehead atoms. The number of hydrogen-bond acceptors (Lipinski definition) is 3. The summed E-state index contributed by atoms with van der Waals surface area (Å²) < 4.78 is 13.5. The fourth-order valence-corrected chi connectivity index (χ4v) is 1.84. The highest BCUT2D eigenvalue weighted by molar-refractivity contribution is 5.87. The highest BCUT2D eigenvalue weighted by atomic mass is 19.1. The number of benzene rings is 1. The molecule has 19 heavy (non-hydrogen) atoms. The molecule has 106 valence electrons. The van der Waals surface area contributed by atoms with Crippen molar-refractivity contribution < 1.29 is 14.3 Å². The van der Waals surface area contributed by atoms with Crippen molar-refractivity contribution in [1.82, 2.24) is 10.2 Å². The van der Waals surface area contributed by atoms with Gasteiger partial charge in [0.2, 0.25) is 0 Å². The lowest BCUT2D eigenvalue weighted by Crippen LogP contribution is -2.31. The van der Waals surface area contributed by atoms with Crippen LogP contribution < -0.4 is 5.32 Å². The van der Waals surface area contributed by atoms with Gasteiger partial charge in [-0.1, -0.05) is 13.8 Å². The Balaban J connectivity index is 2.48. The van der Waals surface area contributed by atoms with Crippen molar-refractivity contribution in [3.05, 3.63) is 35.1 Å². The maximum atomic E-state index is 13.5. The van der Waals surface area contributed by atoms with Crippen LogP contribution in [0.15, 0.2) is 18.2 Å². The summed E-state index contributed by atoms with van der Waals surface area (Å²) in [6, 6.07) is 3.85. The molecule has 0 heterocycles. The van der Waals surface area contributed by atoms with Gasteiger partial charge in [-0.25, -0.2) is 9.18 Å². The van der Waals surface area contributed by atoms with Crippen LogP contribution in [0.5, 0.6) is 0 Å². The number of halogens is 1. The van der Waals surface area contributed by atoms with Gasteiger partial charge in [-0.2, -0.15) is 0 Å². The fourth-order valence-electron chi connectivity index (χ4n) is 1.84. The molecule has 0 fully saturated rings. The van der Waals surface area contributed by atoms with Gasteiger partial charge in [0, 0.05) is 25.2 Å². The summed E-state index contributed by atoms with van der Waals surface area (Å²) >= 11 is 0. The predicted octanol–water partition coefficient (Wildman–Crippen LogP) is 1.96. The average Bonchev–Trinajstić information content (AvgIpc) is 2.40. The summed E-state index contributed by atoms with van der Waals surface area (Å²) in [5, 5.41) is 12.0. The summed E-state index contributed by atoms with van der Waals surface area (Å²) in [5.41, 5.74) is 0.501. The zero-order valence-electron chi connectivity index (χ0n) is 11.4. The molecule has 1 rings (SSSR count). The molecule has 1 aromatic carbocycles. The number of rotatable bonds is 8. The van der Waals surface area contributed by atoms with Gasteiger partial charge in [0.25, 0.3) is 0 Å². The highest BCUT2D eigenvalue weighted by Crippen LogP contribution is 2.10. The number of likely N-dealkylation sites (N-methyl/N-ethyl adjacent to an activating group) is 1. The summed E-state index contributed by atoms with van der Waals surface area (Å²) in [6.45, 7) is 8.15. The Morgan fingerprint density at radius 1 is 1.37 bits per heavy atom. The van der Waals surface area contributed by atoms with Crippen LogP contribution >= 0.6 is 0 Å². The molecular formula is C14H21FN2O2. The molecule has 0 aromatic heterocycles. The largest absolute Gasteiger partial charge is 0.478 e. The van der Waals surface area contributed by atoms with E-state index in [1.54, 1.807) is 0 Å². The molecule has 0 radical (unpaired) electrons. The van der Waals surface area contributed by atoms with Gasteiger partial charge in [0.15, 0.2) is 0 Å². The molecule has 0 spiro atoms. The monoisotopic (exact) mass is 268 g/mol. The smallest absolute Gasteiger partial charge is 0.335 e. The Morgan fingerprint density at radius 3 is 2.63 bits per heavy atom. The second kappa shape index (κ2) is 7.86. The van der Waals surface area contributed by atoms with E-state index in [2.05, 4.69) is 24.1 Å². The Bertz CT molecular complexity index is 420. The van der Waals surface area contributed by atoms with Crippen LogP contribution in [0.1, 0.15) is 29.8 Å². The Morgan fingerprint density at radius 2 is 2.05 bits per heavy atom. The van der Waals surface area contributed by atoms with E-state index in [-0.39, 0.29) is 11.4 Å². The van der Waals surface area contributed by atoms with Crippen LogP contribution in [0.3, 0.4) is 0 Å². The van der Waals surface area contributed by atoms with Gasteiger partial charge in [-0.05, 0) is 31.3 Å². The molecule has 0 amide bonds. The molecule has 1 aromatic rings. The Hall–Kier alpha value is -1.46. The van der Waals surface area contributed by atoms with Crippen LogP contribution in [0.4, 0.5) is 4.39 Å². The molecule has 0 aliphatic carbocycles. The number of nitrogens with one attached hydrogen (secondary N) is 1. The first-order chi connectivity index (χ1) is 9.08. The van der Waals surface area contributed by atoms with Crippen molar-refractivity contribution in [2.75, 3.05) is 26.2 Å². The third-order valence-electron chi connectivity index (χ3n) is 3.11.